The van der Waals surface area contributed by atoms with E-state index in [-0.39, 0.29) is 11.8 Å². The number of likely N-dealkylation sites (tertiary alicyclic amines) is 1. The van der Waals surface area contributed by atoms with Crippen LogP contribution in [0.1, 0.15) is 51.9 Å². The first-order chi connectivity index (χ1) is 14.1. The van der Waals surface area contributed by atoms with Crippen molar-refractivity contribution in [2.75, 3.05) is 32.7 Å². The van der Waals surface area contributed by atoms with Crippen LogP contribution in [0.4, 0.5) is 4.79 Å². The Morgan fingerprint density at radius 2 is 1.93 bits per heavy atom. The molecule has 1 saturated heterocycles. The van der Waals surface area contributed by atoms with Gasteiger partial charge in [-0.05, 0) is 51.4 Å². The standard InChI is InChI=1S/C22H32N4O3/c1-2-3-5-15-26-21(28)18-10-9-17(16-19(18)24-22(26)29)20(27)23-11-8-14-25-12-6-4-7-13-25/h9-10,16,18H,2-8,11-15H2,1H3,(H,23,27). The van der Waals surface area contributed by atoms with Crippen molar-refractivity contribution in [3.8, 4) is 0 Å². The number of amides is 4. The van der Waals surface area contributed by atoms with Crippen LogP contribution in [0, 0.1) is 5.92 Å². The minimum absolute atomic E-state index is 0.189. The van der Waals surface area contributed by atoms with E-state index in [0.29, 0.717) is 24.4 Å². The highest BCUT2D eigenvalue weighted by atomic mass is 16.2. The number of nitrogens with zero attached hydrogens (tertiary/aromatic N) is 3. The fraction of sp³-hybridized carbons (Fsp3) is 0.636. The maximum absolute atomic E-state index is 12.6. The summed E-state index contributed by atoms with van der Waals surface area (Å²) >= 11 is 0. The predicted molar refractivity (Wildman–Crippen MR) is 113 cm³/mol. The quantitative estimate of drug-likeness (QED) is 0.603. The van der Waals surface area contributed by atoms with E-state index in [1.165, 1.54) is 24.2 Å². The van der Waals surface area contributed by atoms with E-state index in [4.69, 9.17) is 0 Å². The fourth-order valence-corrected chi connectivity index (χ4v) is 4.00. The zero-order chi connectivity index (χ0) is 20.6. The molecule has 0 spiro atoms. The number of fused-ring (bicyclic) bond motifs is 1. The van der Waals surface area contributed by atoms with Gasteiger partial charge in [0.15, 0.2) is 0 Å². The maximum Gasteiger partial charge on any atom is 0.350 e. The van der Waals surface area contributed by atoms with E-state index in [9.17, 15) is 14.4 Å². The minimum Gasteiger partial charge on any atom is -0.352 e. The molecule has 3 rings (SSSR count). The van der Waals surface area contributed by atoms with Gasteiger partial charge < -0.3 is 10.2 Å². The molecule has 1 aliphatic carbocycles. The molecule has 1 N–H and O–H groups in total. The summed E-state index contributed by atoms with van der Waals surface area (Å²) in [6.45, 7) is 6.40. The Bertz CT molecular complexity index is 720. The molecule has 0 bridgehead atoms. The molecule has 0 aromatic rings. The van der Waals surface area contributed by atoms with Crippen molar-refractivity contribution in [2.45, 2.75) is 51.9 Å². The van der Waals surface area contributed by atoms with Gasteiger partial charge in [0.2, 0.25) is 5.91 Å². The molecule has 4 amide bonds. The third-order valence-electron chi connectivity index (χ3n) is 5.71. The number of urea groups is 1. The molecule has 2 aliphatic heterocycles. The van der Waals surface area contributed by atoms with Gasteiger partial charge in [-0.15, -0.1) is 0 Å². The van der Waals surface area contributed by atoms with Crippen molar-refractivity contribution < 1.29 is 14.4 Å². The highest BCUT2D eigenvalue weighted by Crippen LogP contribution is 2.22. The average Bonchev–Trinajstić information content (AvgIpc) is 2.74. The van der Waals surface area contributed by atoms with Gasteiger partial charge in [-0.2, -0.15) is 4.99 Å². The van der Waals surface area contributed by atoms with Gasteiger partial charge in [-0.3, -0.25) is 14.5 Å². The normalized spacial score (nSPS) is 22.2. The molecule has 0 aromatic carbocycles. The second-order valence-electron chi connectivity index (χ2n) is 7.96. The maximum atomic E-state index is 12.6. The SMILES string of the molecule is CCCCCN1C(=O)N=C2C=C(C(=O)NCCCN3CCCCC3)C=CC2C1=O. The lowest BCUT2D eigenvalue weighted by Gasteiger charge is -2.29. The van der Waals surface area contributed by atoms with E-state index in [1.807, 2.05) is 0 Å². The molecular formula is C22H32N4O3. The van der Waals surface area contributed by atoms with Crippen LogP contribution in [-0.2, 0) is 9.59 Å². The van der Waals surface area contributed by atoms with Gasteiger partial charge in [0.1, 0.15) is 0 Å². The van der Waals surface area contributed by atoms with Gasteiger partial charge >= 0.3 is 6.03 Å². The van der Waals surface area contributed by atoms with Crippen molar-refractivity contribution in [2.24, 2.45) is 10.9 Å². The van der Waals surface area contributed by atoms with Crippen molar-refractivity contribution in [3.05, 3.63) is 23.8 Å². The van der Waals surface area contributed by atoms with Crippen molar-refractivity contribution in [1.29, 1.82) is 0 Å². The first-order valence-electron chi connectivity index (χ1n) is 10.9. The monoisotopic (exact) mass is 400 g/mol. The molecule has 7 nitrogen and oxygen atoms in total. The summed E-state index contributed by atoms with van der Waals surface area (Å²) < 4.78 is 0. The highest BCUT2D eigenvalue weighted by Gasteiger charge is 2.36. The van der Waals surface area contributed by atoms with E-state index >= 15 is 0 Å². The van der Waals surface area contributed by atoms with Crippen LogP contribution in [0.3, 0.4) is 0 Å². The number of aliphatic imine (C=N–C) groups is 1. The van der Waals surface area contributed by atoms with Crippen LogP contribution in [0.2, 0.25) is 0 Å². The topological polar surface area (TPSA) is 82.1 Å². The molecule has 3 aliphatic rings. The molecular weight excluding hydrogens is 368 g/mol. The average molecular weight is 401 g/mol. The number of allylic oxidation sites excluding steroid dienone is 1. The third kappa shape index (κ3) is 5.63. The zero-order valence-corrected chi connectivity index (χ0v) is 17.4. The van der Waals surface area contributed by atoms with E-state index in [2.05, 4.69) is 22.1 Å². The lowest BCUT2D eigenvalue weighted by molar-refractivity contribution is -0.129. The summed E-state index contributed by atoms with van der Waals surface area (Å²) in [5.41, 5.74) is 0.811. The number of hydrogen-bond acceptors (Lipinski definition) is 4. The molecule has 1 atom stereocenters. The third-order valence-corrected chi connectivity index (χ3v) is 5.71. The highest BCUT2D eigenvalue weighted by molar-refractivity contribution is 6.23. The number of rotatable bonds is 9. The zero-order valence-electron chi connectivity index (χ0n) is 17.4. The summed E-state index contributed by atoms with van der Waals surface area (Å²) in [5.74, 6) is -0.999. The second kappa shape index (κ2) is 10.5. The minimum atomic E-state index is -0.565. The van der Waals surface area contributed by atoms with Crippen molar-refractivity contribution in [1.82, 2.24) is 15.1 Å². The Labute approximate surface area is 172 Å². The summed E-state index contributed by atoms with van der Waals surface area (Å²) in [5, 5.41) is 2.93. The van der Waals surface area contributed by atoms with E-state index < -0.39 is 11.9 Å². The molecule has 158 valence electrons. The summed E-state index contributed by atoms with van der Waals surface area (Å²) in [6.07, 6.45) is 12.5. The second-order valence-corrected chi connectivity index (χ2v) is 7.96. The molecule has 1 fully saturated rings. The molecule has 0 saturated carbocycles. The lowest BCUT2D eigenvalue weighted by atomic mass is 9.91. The predicted octanol–water partition coefficient (Wildman–Crippen LogP) is 2.68. The van der Waals surface area contributed by atoms with Crippen LogP contribution in [0.5, 0.6) is 0 Å². The van der Waals surface area contributed by atoms with Crippen LogP contribution in [-0.4, -0.2) is 66.1 Å². The van der Waals surface area contributed by atoms with E-state index in [1.54, 1.807) is 18.2 Å². The molecule has 29 heavy (non-hydrogen) atoms. The first kappa shape index (κ1) is 21.4. The Kier molecular flexibility index (Phi) is 7.75. The summed E-state index contributed by atoms with van der Waals surface area (Å²) in [6, 6.07) is -0.523. The Morgan fingerprint density at radius 1 is 1.14 bits per heavy atom. The number of hydrogen-bond donors (Lipinski definition) is 1. The molecule has 7 heteroatoms. The Balaban J connectivity index is 1.51. The molecule has 1 unspecified atom stereocenters. The lowest BCUT2D eigenvalue weighted by Crippen LogP contribution is -2.46. The van der Waals surface area contributed by atoms with E-state index in [0.717, 1.165) is 45.3 Å². The van der Waals surface area contributed by atoms with Gasteiger partial charge in [-0.25, -0.2) is 4.79 Å². The van der Waals surface area contributed by atoms with Crippen LogP contribution in [0.25, 0.3) is 0 Å². The first-order valence-corrected chi connectivity index (χ1v) is 10.9. The molecule has 0 radical (unpaired) electrons. The van der Waals surface area contributed by atoms with Crippen LogP contribution in [0.15, 0.2) is 28.8 Å². The van der Waals surface area contributed by atoms with Crippen LogP contribution >= 0.6 is 0 Å². The number of carbonyl (C=O) groups excluding carboxylic acids is 3. The van der Waals surface area contributed by atoms with Gasteiger partial charge in [0.05, 0.1) is 11.6 Å². The van der Waals surface area contributed by atoms with Gasteiger partial charge in [-0.1, -0.05) is 38.3 Å². The van der Waals surface area contributed by atoms with Crippen molar-refractivity contribution in [3.63, 3.8) is 0 Å². The van der Waals surface area contributed by atoms with Gasteiger partial charge in [0.25, 0.3) is 5.91 Å². The van der Waals surface area contributed by atoms with Crippen LogP contribution < -0.4 is 5.32 Å². The number of piperidine rings is 1. The molecule has 0 aromatic heterocycles. The number of imide groups is 1. The number of unbranched alkanes of at least 4 members (excludes halogenated alkanes) is 2. The molecule has 2 heterocycles. The number of carbonyl (C=O) groups is 3. The Hall–Kier alpha value is -2.28. The van der Waals surface area contributed by atoms with Crippen molar-refractivity contribution >= 4 is 23.6 Å². The summed E-state index contributed by atoms with van der Waals surface area (Å²) in [4.78, 5) is 45.1. The smallest absolute Gasteiger partial charge is 0.350 e. The van der Waals surface area contributed by atoms with Gasteiger partial charge in [0, 0.05) is 18.7 Å². The Morgan fingerprint density at radius 3 is 2.69 bits per heavy atom. The fourth-order valence-electron chi connectivity index (χ4n) is 4.00. The summed E-state index contributed by atoms with van der Waals surface area (Å²) in [7, 11) is 0. The largest absolute Gasteiger partial charge is 0.352 e. The number of nitrogens with one attached hydrogen (secondary N) is 1.